The third-order valence-corrected chi connectivity index (χ3v) is 9.19. The lowest BCUT2D eigenvalue weighted by Gasteiger charge is -2.29. The summed E-state index contributed by atoms with van der Waals surface area (Å²) in [6, 6.07) is 11.3. The lowest BCUT2D eigenvalue weighted by molar-refractivity contribution is -0.124. The maximum atomic E-state index is 13.1. The maximum absolute atomic E-state index is 13.1. The van der Waals surface area contributed by atoms with E-state index in [9.17, 15) is 18.0 Å². The van der Waals surface area contributed by atoms with Crippen molar-refractivity contribution in [3.63, 3.8) is 0 Å². The van der Waals surface area contributed by atoms with Crippen LogP contribution < -0.4 is 10.6 Å². The van der Waals surface area contributed by atoms with Crippen LogP contribution in [0.1, 0.15) is 62.5 Å². The predicted molar refractivity (Wildman–Crippen MR) is 130 cm³/mol. The van der Waals surface area contributed by atoms with E-state index in [-0.39, 0.29) is 34.1 Å². The molecule has 34 heavy (non-hydrogen) atoms. The van der Waals surface area contributed by atoms with E-state index in [1.54, 1.807) is 12.1 Å². The van der Waals surface area contributed by atoms with Crippen molar-refractivity contribution in [2.45, 2.75) is 74.3 Å². The molecule has 3 aliphatic rings. The van der Waals surface area contributed by atoms with Crippen LogP contribution in [0.4, 0.5) is 10.5 Å². The molecule has 2 aromatic rings. The Bertz CT molecular complexity index is 1220. The van der Waals surface area contributed by atoms with Crippen LogP contribution in [0.25, 0.3) is 0 Å². The fourth-order valence-corrected chi connectivity index (χ4v) is 6.72. The number of carbonyl (C=O) groups excluding carboxylic acids is 2. The van der Waals surface area contributed by atoms with Gasteiger partial charge in [0.15, 0.2) is 0 Å². The van der Waals surface area contributed by atoms with Crippen LogP contribution in [0.15, 0.2) is 47.4 Å². The molecule has 9 heteroatoms. The Kier molecular flexibility index (Phi) is 6.06. The minimum atomic E-state index is -4.04. The fourth-order valence-electron chi connectivity index (χ4n) is 4.99. The molecule has 0 spiro atoms. The molecule has 2 N–H and O–H groups in total. The van der Waals surface area contributed by atoms with Crippen molar-refractivity contribution in [2.75, 3.05) is 5.32 Å². The van der Waals surface area contributed by atoms with E-state index in [2.05, 4.69) is 10.6 Å². The van der Waals surface area contributed by atoms with Crippen molar-refractivity contribution in [2.24, 2.45) is 0 Å². The van der Waals surface area contributed by atoms with Gasteiger partial charge in [-0.25, -0.2) is 17.5 Å². The third kappa shape index (κ3) is 4.29. The minimum absolute atomic E-state index is 0.0247. The molecule has 1 aliphatic heterocycles. The number of nitrogens with zero attached hydrogens (tertiary/aromatic N) is 1. The topological polar surface area (TPSA) is 95.6 Å². The second-order valence-corrected chi connectivity index (χ2v) is 11.8. The SMILES string of the molecule is O=C1Nc2ccc(Cl)cc2S(=O)(=O)N1Cc1ccc(C2(C(=O)NC3CCCCCC3)CC2)cc1. The summed E-state index contributed by atoms with van der Waals surface area (Å²) in [6.07, 6.45) is 8.51. The second kappa shape index (κ2) is 8.89. The molecule has 5 rings (SSSR count). The number of anilines is 1. The first-order valence-corrected chi connectivity index (χ1v) is 13.7. The van der Waals surface area contributed by atoms with Gasteiger partial charge in [-0.05, 0) is 55.0 Å². The van der Waals surface area contributed by atoms with Crippen molar-refractivity contribution >= 4 is 39.2 Å². The summed E-state index contributed by atoms with van der Waals surface area (Å²) in [6.45, 7) is -0.109. The molecule has 7 nitrogen and oxygen atoms in total. The smallest absolute Gasteiger partial charge is 0.336 e. The van der Waals surface area contributed by atoms with E-state index in [4.69, 9.17) is 11.6 Å². The van der Waals surface area contributed by atoms with Gasteiger partial charge < -0.3 is 10.6 Å². The summed E-state index contributed by atoms with van der Waals surface area (Å²) in [7, 11) is -4.04. The molecule has 2 saturated carbocycles. The van der Waals surface area contributed by atoms with Crippen molar-refractivity contribution in [1.29, 1.82) is 0 Å². The lowest BCUT2D eigenvalue weighted by Crippen LogP contribution is -2.43. The Morgan fingerprint density at radius 2 is 1.74 bits per heavy atom. The molecular formula is C25H28ClN3O4S. The van der Waals surface area contributed by atoms with Gasteiger partial charge in [-0.2, -0.15) is 0 Å². The lowest BCUT2D eigenvalue weighted by atomic mass is 9.93. The number of nitrogens with one attached hydrogen (secondary N) is 2. The van der Waals surface area contributed by atoms with Crippen LogP contribution in [0.5, 0.6) is 0 Å². The molecule has 3 amide bonds. The molecule has 2 aliphatic carbocycles. The number of amides is 3. The van der Waals surface area contributed by atoms with E-state index in [0.29, 0.717) is 5.56 Å². The molecular weight excluding hydrogens is 474 g/mol. The summed E-state index contributed by atoms with van der Waals surface area (Å²) in [5.41, 5.74) is 1.32. The van der Waals surface area contributed by atoms with Gasteiger partial charge in [0.1, 0.15) is 4.90 Å². The Balaban J connectivity index is 1.31. The summed E-state index contributed by atoms with van der Waals surface area (Å²) in [4.78, 5) is 25.6. The third-order valence-electron chi connectivity index (χ3n) is 7.19. The quantitative estimate of drug-likeness (QED) is 0.567. The van der Waals surface area contributed by atoms with Gasteiger partial charge in [-0.15, -0.1) is 0 Å². The average Bonchev–Trinajstić information content (AvgIpc) is 3.64. The van der Waals surface area contributed by atoms with E-state index < -0.39 is 21.5 Å². The van der Waals surface area contributed by atoms with Gasteiger partial charge >= 0.3 is 6.03 Å². The number of carbonyl (C=O) groups is 2. The Labute approximate surface area is 204 Å². The number of hydrogen-bond donors (Lipinski definition) is 2. The van der Waals surface area contributed by atoms with Crippen molar-refractivity contribution in [3.05, 3.63) is 58.6 Å². The highest BCUT2D eigenvalue weighted by Crippen LogP contribution is 2.48. The van der Waals surface area contributed by atoms with Crippen molar-refractivity contribution in [3.8, 4) is 0 Å². The summed E-state index contributed by atoms with van der Waals surface area (Å²) >= 11 is 5.98. The normalized spacial score (nSPS) is 21.2. The molecule has 2 fully saturated rings. The zero-order valence-electron chi connectivity index (χ0n) is 18.8. The number of fused-ring (bicyclic) bond motifs is 1. The van der Waals surface area contributed by atoms with Crippen LogP contribution in [0.3, 0.4) is 0 Å². The average molecular weight is 502 g/mol. The van der Waals surface area contributed by atoms with Crippen LogP contribution in [0, 0.1) is 0 Å². The number of halogens is 1. The highest BCUT2D eigenvalue weighted by molar-refractivity contribution is 7.90. The van der Waals surface area contributed by atoms with E-state index in [1.165, 1.54) is 31.0 Å². The maximum Gasteiger partial charge on any atom is 0.336 e. The minimum Gasteiger partial charge on any atom is -0.353 e. The highest BCUT2D eigenvalue weighted by Gasteiger charge is 2.51. The molecule has 2 aromatic carbocycles. The highest BCUT2D eigenvalue weighted by atomic mass is 35.5. The van der Waals surface area contributed by atoms with Crippen LogP contribution in [-0.2, 0) is 26.8 Å². The van der Waals surface area contributed by atoms with Crippen molar-refractivity contribution in [1.82, 2.24) is 9.62 Å². The van der Waals surface area contributed by atoms with Crippen molar-refractivity contribution < 1.29 is 18.0 Å². The molecule has 1 heterocycles. The van der Waals surface area contributed by atoms with Crippen LogP contribution >= 0.6 is 11.6 Å². The van der Waals surface area contributed by atoms with Gasteiger partial charge in [0.25, 0.3) is 10.0 Å². The number of hydrogen-bond acceptors (Lipinski definition) is 4. The van der Waals surface area contributed by atoms with Gasteiger partial charge in [0, 0.05) is 11.1 Å². The Morgan fingerprint density at radius 1 is 1.06 bits per heavy atom. The van der Waals surface area contributed by atoms with E-state index in [1.807, 2.05) is 12.1 Å². The van der Waals surface area contributed by atoms with E-state index >= 15 is 0 Å². The first kappa shape index (κ1) is 23.2. The second-order valence-electron chi connectivity index (χ2n) is 9.52. The van der Waals surface area contributed by atoms with Gasteiger partial charge in [0.2, 0.25) is 5.91 Å². The first-order valence-electron chi connectivity index (χ1n) is 11.8. The molecule has 0 radical (unpaired) electrons. The zero-order valence-corrected chi connectivity index (χ0v) is 20.4. The molecule has 180 valence electrons. The monoisotopic (exact) mass is 501 g/mol. The Hall–Kier alpha value is -2.58. The predicted octanol–water partition coefficient (Wildman–Crippen LogP) is 4.95. The zero-order chi connectivity index (χ0) is 23.9. The van der Waals surface area contributed by atoms with Crippen LogP contribution in [-0.4, -0.2) is 30.7 Å². The number of rotatable bonds is 5. The number of sulfonamides is 1. The van der Waals surface area contributed by atoms with E-state index in [0.717, 1.165) is 48.4 Å². The van der Waals surface area contributed by atoms with Crippen LogP contribution in [0.2, 0.25) is 5.02 Å². The summed E-state index contributed by atoms with van der Waals surface area (Å²) in [5, 5.41) is 6.17. The first-order chi connectivity index (χ1) is 16.3. The number of urea groups is 1. The fraction of sp³-hybridized carbons (Fsp3) is 0.440. The summed E-state index contributed by atoms with van der Waals surface area (Å²) in [5.74, 6) is 0.0959. The molecule has 0 aromatic heterocycles. The van der Waals surface area contributed by atoms with Gasteiger partial charge in [-0.1, -0.05) is 61.5 Å². The van der Waals surface area contributed by atoms with Gasteiger partial charge in [0.05, 0.1) is 17.6 Å². The molecule has 0 saturated heterocycles. The number of benzene rings is 2. The standard InChI is InChI=1S/C25H28ClN3O4S/c26-19-11-12-21-22(15-19)34(32,33)29(24(31)28-21)16-17-7-9-18(10-8-17)25(13-14-25)23(30)27-20-5-3-1-2-4-6-20/h7-12,15,20H,1-6,13-14,16H2,(H,27,30)(H,28,31). The largest absolute Gasteiger partial charge is 0.353 e. The molecule has 0 bridgehead atoms. The Morgan fingerprint density at radius 3 is 2.38 bits per heavy atom. The summed E-state index contributed by atoms with van der Waals surface area (Å²) < 4.78 is 26.9. The van der Waals surface area contributed by atoms with Gasteiger partial charge in [-0.3, -0.25) is 4.79 Å². The molecule has 0 unspecified atom stereocenters. The molecule has 0 atom stereocenters.